The van der Waals surface area contributed by atoms with Gasteiger partial charge in [0.25, 0.3) is 0 Å². The van der Waals surface area contributed by atoms with Crippen LogP contribution >= 0.6 is 0 Å². The Labute approximate surface area is 238 Å². The molecular formula is C30H47N5O5. The van der Waals surface area contributed by atoms with Gasteiger partial charge in [-0.05, 0) is 113 Å². The van der Waals surface area contributed by atoms with E-state index < -0.39 is 6.04 Å². The van der Waals surface area contributed by atoms with E-state index in [1.165, 1.54) is 25.7 Å². The summed E-state index contributed by atoms with van der Waals surface area (Å²) in [7, 11) is 0. The maximum Gasteiger partial charge on any atom is 0.242 e. The van der Waals surface area contributed by atoms with Crippen molar-refractivity contribution in [2.75, 3.05) is 39.5 Å². The SMILES string of the molecule is CC[C@H](NC(=O)CNC(=O)C(CCC1CCNCC1)CCC1CCNCC1)C(=O)NCc1ccc2c(c1)OCO2. The Hall–Kier alpha value is -2.85. The number of carbonyl (C=O) groups excluding carboxylic acids is 3. The van der Waals surface area contributed by atoms with E-state index in [4.69, 9.17) is 9.47 Å². The normalized spacial score (nSPS) is 18.4. The maximum absolute atomic E-state index is 13.2. The zero-order valence-corrected chi connectivity index (χ0v) is 23.9. The molecule has 2 fully saturated rings. The van der Waals surface area contributed by atoms with E-state index in [0.29, 0.717) is 36.3 Å². The van der Waals surface area contributed by atoms with E-state index >= 15 is 0 Å². The molecule has 0 aliphatic carbocycles. The summed E-state index contributed by atoms with van der Waals surface area (Å²) in [4.78, 5) is 38.7. The summed E-state index contributed by atoms with van der Waals surface area (Å²) in [6.45, 7) is 6.46. The Morgan fingerprint density at radius 1 is 0.875 bits per heavy atom. The average Bonchev–Trinajstić information content (AvgIpc) is 3.46. The van der Waals surface area contributed by atoms with Gasteiger partial charge in [-0.1, -0.05) is 13.0 Å². The molecule has 1 aromatic rings. The Bertz CT molecular complexity index is 955. The third kappa shape index (κ3) is 9.37. The molecule has 1 atom stereocenters. The minimum Gasteiger partial charge on any atom is -0.454 e. The molecule has 0 aromatic heterocycles. The lowest BCUT2D eigenvalue weighted by Crippen LogP contribution is -2.49. The lowest BCUT2D eigenvalue weighted by molar-refractivity contribution is -0.131. The highest BCUT2D eigenvalue weighted by Gasteiger charge is 2.25. The number of hydrogen-bond acceptors (Lipinski definition) is 7. The summed E-state index contributed by atoms with van der Waals surface area (Å²) < 4.78 is 10.7. The molecule has 10 heteroatoms. The van der Waals surface area contributed by atoms with Crippen molar-refractivity contribution < 1.29 is 23.9 Å². The Morgan fingerprint density at radius 2 is 1.50 bits per heavy atom. The van der Waals surface area contributed by atoms with Gasteiger partial charge < -0.3 is 36.1 Å². The van der Waals surface area contributed by atoms with Crippen LogP contribution in [0.2, 0.25) is 0 Å². The minimum atomic E-state index is -0.672. The van der Waals surface area contributed by atoms with Gasteiger partial charge in [0.05, 0.1) is 6.54 Å². The molecule has 3 amide bonds. The molecule has 0 radical (unpaired) electrons. The predicted molar refractivity (Wildman–Crippen MR) is 153 cm³/mol. The number of hydrogen-bond donors (Lipinski definition) is 5. The molecule has 1 aromatic carbocycles. The highest BCUT2D eigenvalue weighted by molar-refractivity contribution is 5.90. The predicted octanol–water partition coefficient (Wildman–Crippen LogP) is 2.22. The van der Waals surface area contributed by atoms with Crippen molar-refractivity contribution in [3.8, 4) is 11.5 Å². The first kappa shape index (κ1) is 30.1. The number of carbonyl (C=O) groups is 3. The summed E-state index contributed by atoms with van der Waals surface area (Å²) in [6.07, 6.45) is 8.95. The van der Waals surface area contributed by atoms with Gasteiger partial charge in [0.2, 0.25) is 24.5 Å². The molecule has 0 unspecified atom stereocenters. The van der Waals surface area contributed by atoms with E-state index in [0.717, 1.165) is 57.4 Å². The number of fused-ring (bicyclic) bond motifs is 1. The van der Waals surface area contributed by atoms with Crippen molar-refractivity contribution >= 4 is 17.7 Å². The van der Waals surface area contributed by atoms with Crippen molar-refractivity contribution in [3.05, 3.63) is 23.8 Å². The first-order chi connectivity index (χ1) is 19.5. The summed E-state index contributed by atoms with van der Waals surface area (Å²) in [5, 5.41) is 15.4. The Morgan fingerprint density at radius 3 is 2.12 bits per heavy atom. The standard InChI is InChI=1S/C30H47N5O5/c1-2-25(30(38)33-18-23-5-8-26-27(17-23)40-20-39-26)35-28(36)19-34-29(37)24(6-3-21-9-13-31-14-10-21)7-4-22-11-15-32-16-12-22/h5,8,17,21-22,24-25,31-32H,2-4,6-7,9-16,18-20H2,1H3,(H,33,38)(H,34,37)(H,35,36)/t25-/m0/s1. The molecule has 4 rings (SSSR count). The van der Waals surface area contributed by atoms with Crippen LogP contribution in [-0.2, 0) is 20.9 Å². The Kier molecular flexibility index (Phi) is 11.9. The van der Waals surface area contributed by atoms with Gasteiger partial charge in [-0.2, -0.15) is 0 Å². The van der Waals surface area contributed by atoms with Gasteiger partial charge in [0.1, 0.15) is 6.04 Å². The monoisotopic (exact) mass is 557 g/mol. The fourth-order valence-corrected chi connectivity index (χ4v) is 5.89. The van der Waals surface area contributed by atoms with Gasteiger partial charge in [-0.3, -0.25) is 14.4 Å². The van der Waals surface area contributed by atoms with Crippen LogP contribution in [0.4, 0.5) is 0 Å². The van der Waals surface area contributed by atoms with Crippen LogP contribution in [-0.4, -0.2) is 63.3 Å². The molecule has 3 heterocycles. The summed E-state index contributed by atoms with van der Waals surface area (Å²) >= 11 is 0. The number of rotatable bonds is 14. The number of amides is 3. The van der Waals surface area contributed by atoms with Crippen LogP contribution in [0, 0.1) is 17.8 Å². The molecular weight excluding hydrogens is 510 g/mol. The van der Waals surface area contributed by atoms with E-state index in [9.17, 15) is 14.4 Å². The highest BCUT2D eigenvalue weighted by Crippen LogP contribution is 2.32. The van der Waals surface area contributed by atoms with Crippen LogP contribution < -0.4 is 36.1 Å². The molecule has 0 spiro atoms. The number of benzene rings is 1. The van der Waals surface area contributed by atoms with Crippen LogP contribution in [0.5, 0.6) is 11.5 Å². The first-order valence-electron chi connectivity index (χ1n) is 15.2. The summed E-state index contributed by atoms with van der Waals surface area (Å²) in [6, 6.07) is 4.85. The van der Waals surface area contributed by atoms with Gasteiger partial charge in [-0.15, -0.1) is 0 Å². The largest absolute Gasteiger partial charge is 0.454 e. The van der Waals surface area contributed by atoms with Gasteiger partial charge in [0, 0.05) is 12.5 Å². The zero-order valence-electron chi connectivity index (χ0n) is 23.9. The molecule has 0 saturated carbocycles. The molecule has 5 N–H and O–H groups in total. The smallest absolute Gasteiger partial charge is 0.242 e. The molecule has 2 saturated heterocycles. The second kappa shape index (κ2) is 15.8. The van der Waals surface area contributed by atoms with Crippen molar-refractivity contribution in [2.24, 2.45) is 17.8 Å². The molecule has 10 nitrogen and oxygen atoms in total. The van der Waals surface area contributed by atoms with E-state index in [1.54, 1.807) is 0 Å². The van der Waals surface area contributed by atoms with Crippen LogP contribution in [0.25, 0.3) is 0 Å². The second-order valence-electron chi connectivity index (χ2n) is 11.4. The number of ether oxygens (including phenoxy) is 2. The van der Waals surface area contributed by atoms with Crippen molar-refractivity contribution in [2.45, 2.75) is 77.3 Å². The molecule has 3 aliphatic heterocycles. The lowest BCUT2D eigenvalue weighted by atomic mass is 9.84. The van der Waals surface area contributed by atoms with Crippen LogP contribution in [0.3, 0.4) is 0 Å². The highest BCUT2D eigenvalue weighted by atomic mass is 16.7. The van der Waals surface area contributed by atoms with E-state index in [-0.39, 0.29) is 37.0 Å². The number of piperidine rings is 2. The molecule has 3 aliphatic rings. The molecule has 0 bridgehead atoms. The summed E-state index contributed by atoms with van der Waals surface area (Å²) in [5.41, 5.74) is 0.881. The van der Waals surface area contributed by atoms with E-state index in [1.807, 2.05) is 25.1 Å². The minimum absolute atomic E-state index is 0.0432. The zero-order chi connectivity index (χ0) is 28.2. The van der Waals surface area contributed by atoms with Crippen molar-refractivity contribution in [1.82, 2.24) is 26.6 Å². The second-order valence-corrected chi connectivity index (χ2v) is 11.4. The first-order valence-corrected chi connectivity index (χ1v) is 15.2. The average molecular weight is 558 g/mol. The van der Waals surface area contributed by atoms with Gasteiger partial charge in [-0.25, -0.2) is 0 Å². The Balaban J connectivity index is 1.21. The fraction of sp³-hybridized carbons (Fsp3) is 0.700. The van der Waals surface area contributed by atoms with Gasteiger partial charge >= 0.3 is 0 Å². The fourth-order valence-electron chi connectivity index (χ4n) is 5.89. The van der Waals surface area contributed by atoms with Crippen molar-refractivity contribution in [1.29, 1.82) is 0 Å². The third-order valence-corrected chi connectivity index (χ3v) is 8.52. The maximum atomic E-state index is 13.2. The van der Waals surface area contributed by atoms with Crippen molar-refractivity contribution in [3.63, 3.8) is 0 Å². The van der Waals surface area contributed by atoms with Gasteiger partial charge in [0.15, 0.2) is 11.5 Å². The number of nitrogens with one attached hydrogen (secondary N) is 5. The molecule has 40 heavy (non-hydrogen) atoms. The third-order valence-electron chi connectivity index (χ3n) is 8.52. The lowest BCUT2D eigenvalue weighted by Gasteiger charge is -2.27. The van der Waals surface area contributed by atoms with E-state index in [2.05, 4.69) is 26.6 Å². The topological polar surface area (TPSA) is 130 Å². The van der Waals surface area contributed by atoms with Crippen LogP contribution in [0.1, 0.15) is 70.3 Å². The summed E-state index contributed by atoms with van der Waals surface area (Å²) in [5.74, 6) is 1.95. The molecule has 222 valence electrons. The van der Waals surface area contributed by atoms with Crippen LogP contribution in [0.15, 0.2) is 18.2 Å². The quantitative estimate of drug-likeness (QED) is 0.237.